The van der Waals surface area contributed by atoms with Crippen molar-refractivity contribution in [2.75, 3.05) is 19.7 Å². The van der Waals surface area contributed by atoms with Crippen molar-refractivity contribution in [3.05, 3.63) is 18.2 Å². The first-order valence-corrected chi connectivity index (χ1v) is 6.03. The highest BCUT2D eigenvalue weighted by atomic mass is 16.5. The molecule has 1 aromatic rings. The zero-order valence-electron chi connectivity index (χ0n) is 9.78. The van der Waals surface area contributed by atoms with Gasteiger partial charge in [-0.05, 0) is 19.4 Å². The van der Waals surface area contributed by atoms with Crippen LogP contribution in [0.15, 0.2) is 12.4 Å². The predicted octanol–water partition coefficient (Wildman–Crippen LogP) is 1.42. The van der Waals surface area contributed by atoms with Crippen molar-refractivity contribution in [3.8, 4) is 5.75 Å². The van der Waals surface area contributed by atoms with E-state index in [1.165, 1.54) is 12.8 Å². The van der Waals surface area contributed by atoms with Gasteiger partial charge in [-0.3, -0.25) is 0 Å². The van der Waals surface area contributed by atoms with E-state index in [9.17, 15) is 0 Å². The second-order valence-corrected chi connectivity index (χ2v) is 4.21. The first-order valence-electron chi connectivity index (χ1n) is 6.03. The zero-order valence-corrected chi connectivity index (χ0v) is 9.78. The Balaban J connectivity index is 1.79. The average Bonchev–Trinajstić information content (AvgIpc) is 2.38. The third kappa shape index (κ3) is 3.17. The molecule has 0 amide bonds. The molecule has 2 heterocycles. The second-order valence-electron chi connectivity index (χ2n) is 4.21. The number of piperidine rings is 1. The van der Waals surface area contributed by atoms with E-state index in [0.717, 1.165) is 37.7 Å². The quantitative estimate of drug-likeness (QED) is 0.835. The third-order valence-electron chi connectivity index (χ3n) is 2.88. The van der Waals surface area contributed by atoms with Crippen molar-refractivity contribution in [2.24, 2.45) is 5.92 Å². The Bertz CT molecular complexity index is 307. The van der Waals surface area contributed by atoms with Crippen LogP contribution in [0.2, 0.25) is 0 Å². The number of rotatable bonds is 4. The van der Waals surface area contributed by atoms with Gasteiger partial charge in [0.05, 0.1) is 19.0 Å². The van der Waals surface area contributed by atoms with Crippen LogP contribution in [-0.2, 0) is 6.42 Å². The van der Waals surface area contributed by atoms with Crippen LogP contribution < -0.4 is 10.1 Å². The smallest absolute Gasteiger partial charge is 0.155 e. The number of hydrogen-bond donors (Lipinski definition) is 1. The molecule has 1 aliphatic heterocycles. The molecule has 0 aliphatic carbocycles. The Morgan fingerprint density at radius 1 is 1.44 bits per heavy atom. The first-order chi connectivity index (χ1) is 7.88. The molecule has 1 N–H and O–H groups in total. The highest BCUT2D eigenvalue weighted by molar-refractivity contribution is 5.12. The summed E-state index contributed by atoms with van der Waals surface area (Å²) in [7, 11) is 0. The van der Waals surface area contributed by atoms with Gasteiger partial charge in [-0.25, -0.2) is 9.97 Å². The summed E-state index contributed by atoms with van der Waals surface area (Å²) >= 11 is 0. The van der Waals surface area contributed by atoms with Gasteiger partial charge in [0.2, 0.25) is 0 Å². The number of nitrogens with one attached hydrogen (secondary N) is 1. The van der Waals surface area contributed by atoms with Crippen LogP contribution in [0.4, 0.5) is 0 Å². The molecule has 1 saturated heterocycles. The summed E-state index contributed by atoms with van der Waals surface area (Å²) in [5.41, 5.74) is 0. The lowest BCUT2D eigenvalue weighted by Crippen LogP contribution is -2.33. The standard InChI is InChI=1S/C12H19N3O/c1-2-12-14-7-11(8-15-12)16-9-10-4-3-5-13-6-10/h7-8,10,13H,2-6,9H2,1H3. The Morgan fingerprint density at radius 3 is 2.88 bits per heavy atom. The van der Waals surface area contributed by atoms with Crippen LogP contribution in [0.3, 0.4) is 0 Å². The van der Waals surface area contributed by atoms with Gasteiger partial charge in [0.1, 0.15) is 5.82 Å². The number of hydrogen-bond acceptors (Lipinski definition) is 4. The average molecular weight is 221 g/mol. The summed E-state index contributed by atoms with van der Waals surface area (Å²) in [6.45, 7) is 5.02. The third-order valence-corrected chi connectivity index (χ3v) is 2.88. The molecule has 0 bridgehead atoms. The van der Waals surface area contributed by atoms with Crippen molar-refractivity contribution in [1.29, 1.82) is 0 Å². The zero-order chi connectivity index (χ0) is 11.2. The van der Waals surface area contributed by atoms with E-state index < -0.39 is 0 Å². The molecule has 1 atom stereocenters. The Hall–Kier alpha value is -1.16. The number of nitrogens with zero attached hydrogens (tertiary/aromatic N) is 2. The normalized spacial score (nSPS) is 20.7. The minimum absolute atomic E-state index is 0.625. The van der Waals surface area contributed by atoms with Gasteiger partial charge in [0.15, 0.2) is 5.75 Å². The number of aromatic nitrogens is 2. The molecule has 1 unspecified atom stereocenters. The minimum atomic E-state index is 0.625. The molecule has 4 heteroatoms. The van der Waals surface area contributed by atoms with E-state index in [-0.39, 0.29) is 0 Å². The lowest BCUT2D eigenvalue weighted by Gasteiger charge is -2.22. The van der Waals surface area contributed by atoms with Crippen LogP contribution in [0.5, 0.6) is 5.75 Å². The molecule has 0 aromatic carbocycles. The first kappa shape index (κ1) is 11.3. The van der Waals surface area contributed by atoms with Gasteiger partial charge in [0, 0.05) is 18.9 Å². The SMILES string of the molecule is CCc1ncc(OCC2CCCNC2)cn1. The molecule has 0 radical (unpaired) electrons. The van der Waals surface area contributed by atoms with Crippen molar-refractivity contribution < 1.29 is 4.74 Å². The highest BCUT2D eigenvalue weighted by Crippen LogP contribution is 2.13. The molecule has 1 fully saturated rings. The van der Waals surface area contributed by atoms with Gasteiger partial charge in [-0.2, -0.15) is 0 Å². The predicted molar refractivity (Wildman–Crippen MR) is 62.5 cm³/mol. The molecule has 1 aromatic heterocycles. The van der Waals surface area contributed by atoms with Crippen molar-refractivity contribution in [2.45, 2.75) is 26.2 Å². The molecule has 16 heavy (non-hydrogen) atoms. The van der Waals surface area contributed by atoms with Crippen LogP contribution in [0.25, 0.3) is 0 Å². The molecule has 4 nitrogen and oxygen atoms in total. The molecule has 88 valence electrons. The fourth-order valence-electron chi connectivity index (χ4n) is 1.88. The number of ether oxygens (including phenoxy) is 1. The summed E-state index contributed by atoms with van der Waals surface area (Å²) in [4.78, 5) is 8.42. The topological polar surface area (TPSA) is 47.0 Å². The van der Waals surface area contributed by atoms with Crippen LogP contribution in [-0.4, -0.2) is 29.7 Å². The van der Waals surface area contributed by atoms with Gasteiger partial charge < -0.3 is 10.1 Å². The summed E-state index contributed by atoms with van der Waals surface area (Å²) in [6.07, 6.45) is 6.90. The van der Waals surface area contributed by atoms with Gasteiger partial charge in [-0.15, -0.1) is 0 Å². The molecular formula is C12H19N3O. The van der Waals surface area contributed by atoms with E-state index >= 15 is 0 Å². The van der Waals surface area contributed by atoms with Crippen LogP contribution >= 0.6 is 0 Å². The Labute approximate surface area is 96.4 Å². The monoisotopic (exact) mass is 221 g/mol. The van der Waals surface area contributed by atoms with Gasteiger partial charge in [0.25, 0.3) is 0 Å². The lowest BCUT2D eigenvalue weighted by atomic mass is 10.0. The lowest BCUT2D eigenvalue weighted by molar-refractivity contribution is 0.217. The fraction of sp³-hybridized carbons (Fsp3) is 0.667. The largest absolute Gasteiger partial charge is 0.490 e. The van der Waals surface area contributed by atoms with Crippen LogP contribution in [0.1, 0.15) is 25.6 Å². The minimum Gasteiger partial charge on any atom is -0.490 e. The molecule has 0 spiro atoms. The second kappa shape index (κ2) is 5.80. The van der Waals surface area contributed by atoms with Crippen molar-refractivity contribution in [3.63, 3.8) is 0 Å². The van der Waals surface area contributed by atoms with Gasteiger partial charge in [-0.1, -0.05) is 6.92 Å². The van der Waals surface area contributed by atoms with E-state index in [2.05, 4.69) is 15.3 Å². The Morgan fingerprint density at radius 2 is 2.25 bits per heavy atom. The van der Waals surface area contributed by atoms with E-state index in [4.69, 9.17) is 4.74 Å². The summed E-state index contributed by atoms with van der Waals surface area (Å²) in [5.74, 6) is 2.27. The Kier molecular flexibility index (Phi) is 4.10. The van der Waals surface area contributed by atoms with E-state index in [1.807, 2.05) is 6.92 Å². The van der Waals surface area contributed by atoms with E-state index in [1.54, 1.807) is 12.4 Å². The molecule has 2 rings (SSSR count). The highest BCUT2D eigenvalue weighted by Gasteiger charge is 2.13. The fourth-order valence-corrected chi connectivity index (χ4v) is 1.88. The van der Waals surface area contributed by atoms with Gasteiger partial charge >= 0.3 is 0 Å². The maximum Gasteiger partial charge on any atom is 0.155 e. The van der Waals surface area contributed by atoms with Crippen molar-refractivity contribution >= 4 is 0 Å². The molecular weight excluding hydrogens is 202 g/mol. The van der Waals surface area contributed by atoms with Crippen molar-refractivity contribution in [1.82, 2.24) is 15.3 Å². The summed E-state index contributed by atoms with van der Waals surface area (Å²) in [5, 5.41) is 3.38. The van der Waals surface area contributed by atoms with E-state index in [0.29, 0.717) is 5.92 Å². The number of aryl methyl sites for hydroxylation is 1. The summed E-state index contributed by atoms with van der Waals surface area (Å²) < 4.78 is 5.68. The van der Waals surface area contributed by atoms with Crippen LogP contribution in [0, 0.1) is 5.92 Å². The maximum absolute atomic E-state index is 5.68. The maximum atomic E-state index is 5.68. The molecule has 0 saturated carbocycles. The molecule has 1 aliphatic rings. The summed E-state index contributed by atoms with van der Waals surface area (Å²) in [6, 6.07) is 0.